The number of carbonyl (C=O) groups is 1. The second kappa shape index (κ2) is 2.27. The van der Waals surface area contributed by atoms with Crippen LogP contribution < -0.4 is 0 Å². The molecule has 1 aliphatic carbocycles. The fourth-order valence-electron chi connectivity index (χ4n) is 1.12. The monoisotopic (exact) mass is 166 g/mol. The summed E-state index contributed by atoms with van der Waals surface area (Å²) in [5.41, 5.74) is 1.06. The third kappa shape index (κ3) is 1.01. The Hall–Kier alpha value is -0.960. The Morgan fingerprint density at radius 3 is 3.09 bits per heavy atom. The Morgan fingerprint density at radius 2 is 2.45 bits per heavy atom. The first-order valence-electron chi connectivity index (χ1n) is 3.27. The van der Waals surface area contributed by atoms with Crippen molar-refractivity contribution in [2.45, 2.75) is 5.25 Å². The van der Waals surface area contributed by atoms with Gasteiger partial charge < -0.3 is 5.11 Å². The second-order valence-electron chi connectivity index (χ2n) is 2.39. The van der Waals surface area contributed by atoms with E-state index < -0.39 is 5.97 Å². The number of thioether (sulfide) groups is 1. The lowest BCUT2D eigenvalue weighted by atomic mass is 10.2. The number of fused-ring (bicyclic) bond motifs is 1. The number of hydrogen-bond acceptors (Lipinski definition) is 2. The van der Waals surface area contributed by atoms with E-state index in [2.05, 4.69) is 0 Å². The number of aliphatic carboxylic acids is 1. The van der Waals surface area contributed by atoms with Crippen molar-refractivity contribution < 1.29 is 9.90 Å². The van der Waals surface area contributed by atoms with E-state index in [0.717, 1.165) is 10.5 Å². The molecular formula is C8H6O2S. The minimum atomic E-state index is -0.758. The molecule has 0 aromatic heterocycles. The minimum absolute atomic E-state index is 0.374. The number of carboxylic acid groups (broad SMARTS) is 1. The lowest BCUT2D eigenvalue weighted by molar-refractivity contribution is -0.135. The molecule has 2 rings (SSSR count). The van der Waals surface area contributed by atoms with Crippen LogP contribution in [0.3, 0.4) is 0 Å². The molecule has 3 heteroatoms. The molecule has 56 valence electrons. The molecule has 0 aromatic carbocycles. The highest BCUT2D eigenvalue weighted by Crippen LogP contribution is 2.40. The van der Waals surface area contributed by atoms with Gasteiger partial charge in [0, 0.05) is 4.91 Å². The molecule has 0 bridgehead atoms. The summed E-state index contributed by atoms with van der Waals surface area (Å²) in [4.78, 5) is 11.6. The van der Waals surface area contributed by atoms with Crippen LogP contribution >= 0.6 is 11.8 Å². The zero-order chi connectivity index (χ0) is 7.84. The standard InChI is InChI=1S/C8H6O2S/c9-8(10)7-4-5-2-1-3-6(5)11-7/h1-4,7H,(H,9,10). The summed E-state index contributed by atoms with van der Waals surface area (Å²) >= 11 is 1.40. The Kier molecular flexibility index (Phi) is 1.39. The van der Waals surface area contributed by atoms with E-state index >= 15 is 0 Å². The maximum atomic E-state index is 10.5. The van der Waals surface area contributed by atoms with Gasteiger partial charge in [-0.05, 0) is 11.6 Å². The van der Waals surface area contributed by atoms with Gasteiger partial charge in [0.1, 0.15) is 5.25 Å². The lowest BCUT2D eigenvalue weighted by Gasteiger charge is -1.97. The van der Waals surface area contributed by atoms with Crippen LogP contribution in [0.25, 0.3) is 0 Å². The van der Waals surface area contributed by atoms with Crippen molar-refractivity contribution in [1.82, 2.24) is 0 Å². The first kappa shape index (κ1) is 6.73. The smallest absolute Gasteiger partial charge is 0.320 e. The molecule has 0 spiro atoms. The molecule has 1 heterocycles. The molecule has 1 N–H and O–H groups in total. The topological polar surface area (TPSA) is 37.3 Å². The van der Waals surface area contributed by atoms with Crippen molar-refractivity contribution in [3.05, 3.63) is 34.8 Å². The fraction of sp³-hybridized carbons (Fsp3) is 0.125. The summed E-state index contributed by atoms with van der Waals surface area (Å²) in [7, 11) is 0. The highest BCUT2D eigenvalue weighted by Gasteiger charge is 2.26. The molecule has 0 saturated carbocycles. The van der Waals surface area contributed by atoms with Crippen LogP contribution in [0.1, 0.15) is 0 Å². The third-order valence-electron chi connectivity index (χ3n) is 1.64. The fourth-order valence-corrected chi connectivity index (χ4v) is 2.14. The van der Waals surface area contributed by atoms with Crippen molar-refractivity contribution in [3.63, 3.8) is 0 Å². The van der Waals surface area contributed by atoms with E-state index in [1.54, 1.807) is 6.08 Å². The Labute approximate surface area is 68.3 Å². The van der Waals surface area contributed by atoms with Crippen LogP contribution in [0.15, 0.2) is 34.8 Å². The average Bonchev–Trinajstić information content (AvgIpc) is 2.40. The van der Waals surface area contributed by atoms with E-state index in [4.69, 9.17) is 5.11 Å². The largest absolute Gasteiger partial charge is 0.480 e. The number of rotatable bonds is 1. The molecule has 2 nitrogen and oxygen atoms in total. The van der Waals surface area contributed by atoms with Gasteiger partial charge in [0.25, 0.3) is 0 Å². The van der Waals surface area contributed by atoms with Crippen LogP contribution in [0.4, 0.5) is 0 Å². The van der Waals surface area contributed by atoms with Gasteiger partial charge in [-0.15, -0.1) is 11.8 Å². The van der Waals surface area contributed by atoms with Crippen LogP contribution in [0.5, 0.6) is 0 Å². The van der Waals surface area contributed by atoms with Crippen molar-refractivity contribution in [2.75, 3.05) is 0 Å². The molecule has 0 saturated heterocycles. The summed E-state index contributed by atoms with van der Waals surface area (Å²) in [6.07, 6.45) is 7.60. The Bertz CT molecular complexity index is 299. The molecule has 0 radical (unpaired) electrons. The van der Waals surface area contributed by atoms with E-state index in [0.29, 0.717) is 0 Å². The molecule has 1 aliphatic heterocycles. The van der Waals surface area contributed by atoms with Crippen LogP contribution in [-0.2, 0) is 4.79 Å². The number of carboxylic acids is 1. The summed E-state index contributed by atoms with van der Waals surface area (Å²) < 4.78 is 0. The number of allylic oxidation sites excluding steroid dienone is 4. The summed E-state index contributed by atoms with van der Waals surface area (Å²) in [5, 5.41) is 8.28. The van der Waals surface area contributed by atoms with Gasteiger partial charge >= 0.3 is 5.97 Å². The van der Waals surface area contributed by atoms with Crippen molar-refractivity contribution in [1.29, 1.82) is 0 Å². The Morgan fingerprint density at radius 1 is 1.64 bits per heavy atom. The van der Waals surface area contributed by atoms with E-state index in [1.807, 2.05) is 18.2 Å². The van der Waals surface area contributed by atoms with Crippen molar-refractivity contribution in [3.8, 4) is 0 Å². The van der Waals surface area contributed by atoms with Gasteiger partial charge in [0.15, 0.2) is 0 Å². The van der Waals surface area contributed by atoms with Gasteiger partial charge in [-0.3, -0.25) is 4.79 Å². The molecule has 0 amide bonds. The molecule has 0 fully saturated rings. The quantitative estimate of drug-likeness (QED) is 0.642. The van der Waals surface area contributed by atoms with Crippen LogP contribution in [0, 0.1) is 0 Å². The van der Waals surface area contributed by atoms with Crippen molar-refractivity contribution >= 4 is 17.7 Å². The molecule has 2 aliphatic rings. The lowest BCUT2D eigenvalue weighted by Crippen LogP contribution is -2.10. The zero-order valence-corrected chi connectivity index (χ0v) is 6.47. The zero-order valence-electron chi connectivity index (χ0n) is 5.65. The molecule has 11 heavy (non-hydrogen) atoms. The molecule has 0 aromatic rings. The third-order valence-corrected chi connectivity index (χ3v) is 2.85. The highest BCUT2D eigenvalue weighted by atomic mass is 32.2. The first-order valence-corrected chi connectivity index (χ1v) is 4.15. The van der Waals surface area contributed by atoms with Crippen LogP contribution in [0.2, 0.25) is 0 Å². The SMILES string of the molecule is O=C(O)C1C=C2C=CC=C2S1. The van der Waals surface area contributed by atoms with Crippen LogP contribution in [-0.4, -0.2) is 16.3 Å². The van der Waals surface area contributed by atoms with Crippen molar-refractivity contribution in [2.24, 2.45) is 0 Å². The summed E-state index contributed by atoms with van der Waals surface area (Å²) in [5.74, 6) is -0.758. The van der Waals surface area contributed by atoms with Gasteiger partial charge in [-0.1, -0.05) is 18.2 Å². The molecule has 1 atom stereocenters. The summed E-state index contributed by atoms with van der Waals surface area (Å²) in [6.45, 7) is 0. The van der Waals surface area contributed by atoms with Gasteiger partial charge in [-0.25, -0.2) is 0 Å². The summed E-state index contributed by atoms with van der Waals surface area (Å²) in [6, 6.07) is 0. The maximum absolute atomic E-state index is 10.5. The van der Waals surface area contributed by atoms with E-state index in [1.165, 1.54) is 11.8 Å². The normalized spacial score (nSPS) is 26.4. The first-order chi connectivity index (χ1) is 5.27. The Balaban J connectivity index is 2.27. The second-order valence-corrected chi connectivity index (χ2v) is 3.57. The van der Waals surface area contributed by atoms with Gasteiger partial charge in [0.05, 0.1) is 0 Å². The van der Waals surface area contributed by atoms with Gasteiger partial charge in [-0.2, -0.15) is 0 Å². The predicted octanol–water partition coefficient (Wildman–Crippen LogP) is 1.57. The average molecular weight is 166 g/mol. The van der Waals surface area contributed by atoms with E-state index in [-0.39, 0.29) is 5.25 Å². The van der Waals surface area contributed by atoms with Gasteiger partial charge in [0.2, 0.25) is 0 Å². The minimum Gasteiger partial charge on any atom is -0.480 e. The number of hydrogen-bond donors (Lipinski definition) is 1. The predicted molar refractivity (Wildman–Crippen MR) is 44.3 cm³/mol. The molecule has 1 unspecified atom stereocenters. The highest BCUT2D eigenvalue weighted by molar-refractivity contribution is 8.05. The van der Waals surface area contributed by atoms with E-state index in [9.17, 15) is 4.79 Å². The maximum Gasteiger partial charge on any atom is 0.320 e. The molecular weight excluding hydrogens is 160 g/mol.